The SMILES string of the molecule is NCC1CSCCN1. The van der Waals surface area contributed by atoms with Gasteiger partial charge in [-0.15, -0.1) is 0 Å². The van der Waals surface area contributed by atoms with Crippen LogP contribution in [-0.4, -0.2) is 30.6 Å². The van der Waals surface area contributed by atoms with Gasteiger partial charge in [-0.3, -0.25) is 0 Å². The van der Waals surface area contributed by atoms with Crippen LogP contribution < -0.4 is 11.1 Å². The largest absolute Gasteiger partial charge is 0.329 e. The number of thioether (sulfide) groups is 1. The predicted octanol–water partition coefficient (Wildman–Crippen LogP) is -0.350. The second-order valence-electron chi connectivity index (χ2n) is 1.96. The monoisotopic (exact) mass is 132 g/mol. The molecule has 1 atom stereocenters. The van der Waals surface area contributed by atoms with Crippen molar-refractivity contribution in [3.63, 3.8) is 0 Å². The lowest BCUT2D eigenvalue weighted by molar-refractivity contribution is 0.574. The summed E-state index contributed by atoms with van der Waals surface area (Å²) < 4.78 is 0. The highest BCUT2D eigenvalue weighted by atomic mass is 32.2. The van der Waals surface area contributed by atoms with Crippen molar-refractivity contribution < 1.29 is 0 Å². The molecule has 0 aromatic rings. The van der Waals surface area contributed by atoms with E-state index in [9.17, 15) is 0 Å². The molecule has 48 valence electrons. The Hall–Kier alpha value is 0.270. The Morgan fingerprint density at radius 1 is 1.75 bits per heavy atom. The van der Waals surface area contributed by atoms with E-state index in [2.05, 4.69) is 5.32 Å². The molecule has 1 heterocycles. The van der Waals surface area contributed by atoms with Crippen molar-refractivity contribution in [2.75, 3.05) is 24.6 Å². The van der Waals surface area contributed by atoms with Crippen LogP contribution in [0.3, 0.4) is 0 Å². The minimum Gasteiger partial charge on any atom is -0.329 e. The molecule has 8 heavy (non-hydrogen) atoms. The van der Waals surface area contributed by atoms with Crippen LogP contribution in [0.25, 0.3) is 0 Å². The summed E-state index contributed by atoms with van der Waals surface area (Å²) in [5, 5.41) is 3.32. The molecule has 1 saturated heterocycles. The van der Waals surface area contributed by atoms with Gasteiger partial charge < -0.3 is 11.1 Å². The van der Waals surface area contributed by atoms with Gasteiger partial charge in [0.2, 0.25) is 0 Å². The van der Waals surface area contributed by atoms with Crippen molar-refractivity contribution in [1.29, 1.82) is 0 Å². The average Bonchev–Trinajstić information content (AvgIpc) is 1.90. The Morgan fingerprint density at radius 2 is 2.62 bits per heavy atom. The van der Waals surface area contributed by atoms with Gasteiger partial charge in [-0.2, -0.15) is 11.8 Å². The number of nitrogens with two attached hydrogens (primary N) is 1. The molecule has 3 N–H and O–H groups in total. The third-order valence-electron chi connectivity index (χ3n) is 1.28. The van der Waals surface area contributed by atoms with Crippen LogP contribution in [0.2, 0.25) is 0 Å². The Labute approximate surface area is 54.2 Å². The van der Waals surface area contributed by atoms with Crippen molar-refractivity contribution in [1.82, 2.24) is 5.32 Å². The van der Waals surface area contributed by atoms with Gasteiger partial charge in [0.15, 0.2) is 0 Å². The van der Waals surface area contributed by atoms with Gasteiger partial charge in [-0.1, -0.05) is 0 Å². The molecule has 0 aromatic heterocycles. The molecule has 1 aliphatic heterocycles. The maximum absolute atomic E-state index is 5.43. The predicted molar refractivity (Wildman–Crippen MR) is 38.2 cm³/mol. The summed E-state index contributed by atoms with van der Waals surface area (Å²) >= 11 is 1.99. The molecule has 0 aromatic carbocycles. The van der Waals surface area contributed by atoms with Gasteiger partial charge in [0.1, 0.15) is 0 Å². The van der Waals surface area contributed by atoms with Crippen molar-refractivity contribution >= 4 is 11.8 Å². The molecule has 1 fully saturated rings. The van der Waals surface area contributed by atoms with Crippen LogP contribution >= 0.6 is 11.8 Å². The highest BCUT2D eigenvalue weighted by Gasteiger charge is 2.08. The van der Waals surface area contributed by atoms with E-state index in [1.807, 2.05) is 11.8 Å². The quantitative estimate of drug-likeness (QED) is 0.512. The summed E-state index contributed by atoms with van der Waals surface area (Å²) in [6.07, 6.45) is 0. The van der Waals surface area contributed by atoms with Crippen LogP contribution in [0.5, 0.6) is 0 Å². The second-order valence-corrected chi connectivity index (χ2v) is 3.11. The minimum absolute atomic E-state index is 0.578. The Kier molecular flexibility index (Phi) is 2.66. The molecular formula is C5H12N2S. The van der Waals surface area contributed by atoms with Crippen LogP contribution in [0.4, 0.5) is 0 Å². The fourth-order valence-corrected chi connectivity index (χ4v) is 1.74. The van der Waals surface area contributed by atoms with Crippen molar-refractivity contribution in [3.05, 3.63) is 0 Å². The number of nitrogens with one attached hydrogen (secondary N) is 1. The van der Waals surface area contributed by atoms with E-state index in [4.69, 9.17) is 5.73 Å². The number of rotatable bonds is 1. The second kappa shape index (κ2) is 3.33. The third-order valence-corrected chi connectivity index (χ3v) is 2.41. The molecule has 1 aliphatic rings. The maximum Gasteiger partial charge on any atom is 0.0281 e. The normalized spacial score (nSPS) is 30.4. The average molecular weight is 132 g/mol. The first-order valence-corrected chi connectivity index (χ1v) is 4.10. The molecule has 1 unspecified atom stereocenters. The van der Waals surface area contributed by atoms with E-state index < -0.39 is 0 Å². The van der Waals surface area contributed by atoms with E-state index in [1.165, 1.54) is 11.5 Å². The molecule has 0 saturated carbocycles. The number of hydrogen-bond donors (Lipinski definition) is 2. The lowest BCUT2D eigenvalue weighted by Gasteiger charge is -2.20. The minimum atomic E-state index is 0.578. The summed E-state index contributed by atoms with van der Waals surface area (Å²) in [6.45, 7) is 1.92. The molecule has 1 rings (SSSR count). The first-order valence-electron chi connectivity index (χ1n) is 2.94. The first kappa shape index (κ1) is 6.39. The zero-order valence-electron chi connectivity index (χ0n) is 4.89. The summed E-state index contributed by atoms with van der Waals surface area (Å²) in [6, 6.07) is 0.578. The Balaban J connectivity index is 2.13. The van der Waals surface area contributed by atoms with E-state index >= 15 is 0 Å². The molecule has 0 spiro atoms. The molecular weight excluding hydrogens is 120 g/mol. The van der Waals surface area contributed by atoms with E-state index in [-0.39, 0.29) is 0 Å². The van der Waals surface area contributed by atoms with Gasteiger partial charge in [0.05, 0.1) is 0 Å². The Morgan fingerprint density at radius 3 is 3.00 bits per heavy atom. The summed E-state index contributed by atoms with van der Waals surface area (Å²) in [4.78, 5) is 0. The lowest BCUT2D eigenvalue weighted by Crippen LogP contribution is -2.42. The van der Waals surface area contributed by atoms with E-state index in [0.717, 1.165) is 13.1 Å². The highest BCUT2D eigenvalue weighted by Crippen LogP contribution is 2.05. The number of hydrogen-bond acceptors (Lipinski definition) is 3. The highest BCUT2D eigenvalue weighted by molar-refractivity contribution is 7.99. The van der Waals surface area contributed by atoms with Crippen LogP contribution in [0.1, 0.15) is 0 Å². The van der Waals surface area contributed by atoms with Crippen LogP contribution in [0, 0.1) is 0 Å². The molecule has 0 radical (unpaired) electrons. The summed E-state index contributed by atoms with van der Waals surface area (Å²) in [5.41, 5.74) is 5.43. The van der Waals surface area contributed by atoms with Gasteiger partial charge in [0.25, 0.3) is 0 Å². The smallest absolute Gasteiger partial charge is 0.0281 e. The van der Waals surface area contributed by atoms with E-state index in [0.29, 0.717) is 6.04 Å². The zero-order valence-corrected chi connectivity index (χ0v) is 5.71. The van der Waals surface area contributed by atoms with Gasteiger partial charge in [0, 0.05) is 30.6 Å². The van der Waals surface area contributed by atoms with Crippen molar-refractivity contribution in [2.45, 2.75) is 6.04 Å². The van der Waals surface area contributed by atoms with E-state index in [1.54, 1.807) is 0 Å². The van der Waals surface area contributed by atoms with Gasteiger partial charge in [-0.25, -0.2) is 0 Å². The topological polar surface area (TPSA) is 38.0 Å². The lowest BCUT2D eigenvalue weighted by atomic mass is 10.3. The maximum atomic E-state index is 5.43. The van der Waals surface area contributed by atoms with Crippen molar-refractivity contribution in [2.24, 2.45) is 5.73 Å². The van der Waals surface area contributed by atoms with Gasteiger partial charge >= 0.3 is 0 Å². The fourth-order valence-electron chi connectivity index (χ4n) is 0.771. The van der Waals surface area contributed by atoms with Crippen molar-refractivity contribution in [3.8, 4) is 0 Å². The van der Waals surface area contributed by atoms with Crippen LogP contribution in [-0.2, 0) is 0 Å². The Bertz CT molecular complexity index is 61.4. The standard InChI is InChI=1S/C5H12N2S/c6-3-5-4-8-2-1-7-5/h5,7H,1-4,6H2. The van der Waals surface area contributed by atoms with Gasteiger partial charge in [-0.05, 0) is 0 Å². The fraction of sp³-hybridized carbons (Fsp3) is 1.00. The molecule has 0 amide bonds. The molecule has 0 aliphatic carbocycles. The van der Waals surface area contributed by atoms with Crippen LogP contribution in [0.15, 0.2) is 0 Å². The molecule has 3 heteroatoms. The first-order chi connectivity index (χ1) is 3.93. The molecule has 2 nitrogen and oxygen atoms in total. The summed E-state index contributed by atoms with van der Waals surface area (Å²) in [7, 11) is 0. The molecule has 0 bridgehead atoms. The zero-order chi connectivity index (χ0) is 5.82. The summed E-state index contributed by atoms with van der Waals surface area (Å²) in [5.74, 6) is 2.44. The third kappa shape index (κ3) is 1.65.